The number of aliphatic imine (C=N–C) groups is 1. The van der Waals surface area contributed by atoms with Crippen LogP contribution in [0.4, 0.5) is 0 Å². The average molecular weight is 1260 g/mol. The van der Waals surface area contributed by atoms with Gasteiger partial charge in [-0.1, -0.05) is 46.9 Å². The molecule has 8 heterocycles. The van der Waals surface area contributed by atoms with Gasteiger partial charge in [0.25, 0.3) is 24.1 Å². The summed E-state index contributed by atoms with van der Waals surface area (Å²) in [5.74, 6) is 3.34. The van der Waals surface area contributed by atoms with E-state index in [0.29, 0.717) is 109 Å². The first kappa shape index (κ1) is 68.4. The van der Waals surface area contributed by atoms with Crippen LogP contribution in [0.1, 0.15) is 35.8 Å². The number of hydrogen-bond acceptors (Lipinski definition) is 20. The molecule has 0 aliphatic carbocycles. The Labute approximate surface area is 502 Å². The number of pyridine rings is 2. The van der Waals surface area contributed by atoms with Crippen LogP contribution in [-0.4, -0.2) is 219 Å². The van der Waals surface area contributed by atoms with Crippen molar-refractivity contribution in [3.05, 3.63) is 125 Å². The quantitative estimate of drug-likeness (QED) is 0.0563. The van der Waals surface area contributed by atoms with E-state index in [9.17, 15) is 40.5 Å². The zero-order chi connectivity index (χ0) is 61.0. The summed E-state index contributed by atoms with van der Waals surface area (Å²) >= 11 is 20.0. The Morgan fingerprint density at radius 2 is 1.40 bits per heavy atom. The molecule has 454 valence electrons. The van der Waals surface area contributed by atoms with Gasteiger partial charge in [-0.3, -0.25) is 15.0 Å². The van der Waals surface area contributed by atoms with Gasteiger partial charge >= 0.3 is 0 Å². The van der Waals surface area contributed by atoms with E-state index >= 15 is 0 Å². The lowest BCUT2D eigenvalue weighted by molar-refractivity contribution is -0.486. The number of thiazole rings is 1. The number of rotatable bonds is 14. The van der Waals surface area contributed by atoms with E-state index in [1.54, 1.807) is 90.6 Å². The first-order valence-electron chi connectivity index (χ1n) is 25.1. The third-order valence-electron chi connectivity index (χ3n) is 11.9. The minimum Gasteiger partial charge on any atom is -0.381 e. The van der Waals surface area contributed by atoms with Gasteiger partial charge in [0.15, 0.2) is 19.6 Å². The van der Waals surface area contributed by atoms with Crippen molar-refractivity contribution in [1.29, 1.82) is 5.26 Å². The number of nitrogens with zero attached hydrogens (tertiary/aromatic N) is 20. The number of aromatic nitrogens is 3. The predicted octanol–water partition coefficient (Wildman–Crippen LogP) is 4.84. The van der Waals surface area contributed by atoms with Crippen LogP contribution in [-0.2, 0) is 33.8 Å². The summed E-state index contributed by atoms with van der Waals surface area (Å²) in [6, 6.07) is 7.05. The molecule has 2 atom stereocenters. The highest BCUT2D eigenvalue weighted by Gasteiger charge is 2.31. The summed E-state index contributed by atoms with van der Waals surface area (Å²) < 4.78 is 16.5. The van der Waals surface area contributed by atoms with Gasteiger partial charge in [0, 0.05) is 122 Å². The minimum atomic E-state index is -0.748. The van der Waals surface area contributed by atoms with Crippen molar-refractivity contribution in [2.75, 3.05) is 121 Å². The molecule has 0 amide bonds. The number of nitriles is 1. The molecule has 3 aromatic rings. The van der Waals surface area contributed by atoms with E-state index in [0.717, 1.165) is 73.7 Å². The molecule has 2 unspecified atom stereocenters. The van der Waals surface area contributed by atoms with Gasteiger partial charge in [-0.15, -0.1) is 23.1 Å². The lowest BCUT2D eigenvalue weighted by Crippen LogP contribution is -2.57. The molecule has 83 heavy (non-hydrogen) atoms. The Kier molecular flexibility index (Phi) is 29.5. The van der Waals surface area contributed by atoms with Crippen LogP contribution in [0.2, 0.25) is 14.8 Å². The van der Waals surface area contributed by atoms with Gasteiger partial charge in [-0.05, 0) is 50.1 Å². The van der Waals surface area contributed by atoms with E-state index in [4.69, 9.17) is 54.3 Å². The molecule has 5 fully saturated rings. The van der Waals surface area contributed by atoms with Crippen molar-refractivity contribution in [2.24, 2.45) is 32.1 Å². The molecule has 32 nitrogen and oxygen atoms in total. The second-order valence-electron chi connectivity index (χ2n) is 18.6. The smallest absolute Gasteiger partial charge is 0.277 e. The Morgan fingerprint density at radius 1 is 0.795 bits per heavy atom. The summed E-state index contributed by atoms with van der Waals surface area (Å²) in [7, 11) is 10.6. The lowest BCUT2D eigenvalue weighted by atomic mass is 10.1. The number of halogens is 3. The van der Waals surface area contributed by atoms with Crippen molar-refractivity contribution >= 4 is 81.6 Å². The van der Waals surface area contributed by atoms with Crippen LogP contribution < -0.4 is 5.32 Å². The SMILES string of the molecule is CC(=NC#N)N(C)Cc1cnc(Cl)s1.CN/C(=N\[N+](=O)[O-])N(C)Cc1ccc(Cl)nc1.CN1CN(C)/C(=N\[N+](=O)[O-])N(CC2CCOC2)C1.CN1COCN(CC2CCOC2)/C1=N/[N+](=O)[O-].O=[N+]([O-])/C=C1\SCCN1Cc1ccc(Cl)nc1. The standard InChI is InChI=1S/C10H10ClN3O2S.C10H19N5O3.C9H12ClN5O2.C9H16N4O4.C8H9ClN4S/c11-9-2-1-8(5-12-9)6-13-3-4-17-10(13)7-14(15)16;1-12-7-13(2)10(11-15(16)17)14(8-12)5-9-3-4-18-6-9;1-11-9(13-15(16)17)14(2)6-7-3-4-8(10)12-5-7;1-11-6-17-7-12(9(11)10-13(14)15)4-8-2-3-16-5-8;1-6(12-5-10)13(2)4-7-3-11-8(9)14-7/h1-2,5,7H,3-4,6H2;9H,3-8H2,1-2H3;3-5H,6H2,1-2H3,(H,11,13);8H,2-7H2,1H3;3H,4H2,1-2H3/b10-7-;11-10+;;10-9+;. The van der Waals surface area contributed by atoms with Gasteiger partial charge in [-0.2, -0.15) is 10.3 Å². The first-order chi connectivity index (χ1) is 39.5. The number of hydrogen-bond donors (Lipinski definition) is 1. The Morgan fingerprint density at radius 3 is 1.90 bits per heavy atom. The second-order valence-corrected chi connectivity index (χ2v) is 22.2. The molecular weight excluding hydrogens is 1190 g/mol. The molecule has 0 aromatic carbocycles. The van der Waals surface area contributed by atoms with Gasteiger partial charge in [-0.25, -0.2) is 45.3 Å². The summed E-state index contributed by atoms with van der Waals surface area (Å²) in [5, 5.41) is 62.5. The molecule has 5 aliphatic heterocycles. The largest absolute Gasteiger partial charge is 0.381 e. The van der Waals surface area contributed by atoms with E-state index in [2.05, 4.69) is 45.5 Å². The maximum atomic E-state index is 10.6. The fraction of sp³-hybridized carbons (Fsp3) is 0.565. The highest BCUT2D eigenvalue weighted by Crippen LogP contribution is 2.29. The number of nitrogens with one attached hydrogen (secondary N) is 1. The number of hydrazone groups is 3. The number of thioether (sulfide) groups is 1. The average Bonchev–Trinajstić information content (AvgIpc) is 4.44. The summed E-state index contributed by atoms with van der Waals surface area (Å²) in [5.41, 5.74) is 1.87. The molecule has 0 bridgehead atoms. The molecule has 8 rings (SSSR count). The molecule has 5 aliphatic rings. The number of nitro groups is 4. The maximum absolute atomic E-state index is 10.6. The Hall–Kier alpha value is -7.10. The molecule has 1 N–H and O–H groups in total. The van der Waals surface area contributed by atoms with Crippen molar-refractivity contribution < 1.29 is 34.2 Å². The van der Waals surface area contributed by atoms with Crippen LogP contribution in [0.3, 0.4) is 0 Å². The number of amidine groups is 1. The molecule has 37 heteroatoms. The van der Waals surface area contributed by atoms with E-state index in [-0.39, 0.29) is 5.96 Å². The topological polar surface area (TPSA) is 350 Å². The van der Waals surface area contributed by atoms with Crippen LogP contribution in [0.15, 0.2) is 74.4 Å². The molecule has 5 saturated heterocycles. The van der Waals surface area contributed by atoms with Gasteiger partial charge in [0.05, 0.1) is 38.0 Å². The highest BCUT2D eigenvalue weighted by atomic mass is 35.5. The third-order valence-corrected chi connectivity index (χ3v) is 14.5. The zero-order valence-corrected chi connectivity index (χ0v) is 50.6. The van der Waals surface area contributed by atoms with Crippen LogP contribution in [0.5, 0.6) is 0 Å². The lowest BCUT2D eigenvalue weighted by Gasteiger charge is -2.40. The van der Waals surface area contributed by atoms with E-state index in [1.165, 1.54) is 23.1 Å². The predicted molar refractivity (Wildman–Crippen MR) is 313 cm³/mol. The van der Waals surface area contributed by atoms with Gasteiger partial charge < -0.3 is 53.8 Å². The molecule has 0 spiro atoms. The molecular formula is C46H66Cl3N21O11S2. The summed E-state index contributed by atoms with van der Waals surface area (Å²) in [4.78, 5) is 72.6. The minimum absolute atomic E-state index is 0.171. The van der Waals surface area contributed by atoms with Crippen molar-refractivity contribution in [3.8, 4) is 6.19 Å². The van der Waals surface area contributed by atoms with Crippen LogP contribution in [0, 0.1) is 63.7 Å². The van der Waals surface area contributed by atoms with Crippen LogP contribution in [0.25, 0.3) is 0 Å². The Bertz CT molecular complexity index is 2750. The number of ether oxygens (including phenoxy) is 3. The summed E-state index contributed by atoms with van der Waals surface area (Å²) in [6.45, 7) is 10.7. The third kappa shape index (κ3) is 25.5. The maximum Gasteiger partial charge on any atom is 0.277 e. The van der Waals surface area contributed by atoms with Gasteiger partial charge in [0.2, 0.25) is 6.19 Å². The van der Waals surface area contributed by atoms with E-state index in [1.807, 2.05) is 41.9 Å². The highest BCUT2D eigenvalue weighted by molar-refractivity contribution is 8.03. The van der Waals surface area contributed by atoms with Crippen molar-refractivity contribution in [2.45, 2.75) is 39.4 Å². The fourth-order valence-electron chi connectivity index (χ4n) is 8.14. The van der Waals surface area contributed by atoms with Crippen LogP contribution >= 0.6 is 57.9 Å². The molecule has 0 radical (unpaired) electrons. The van der Waals surface area contributed by atoms with Crippen molar-refractivity contribution in [1.82, 2.24) is 59.5 Å². The first-order valence-corrected chi connectivity index (χ1v) is 28.1. The fourth-order valence-corrected chi connectivity index (χ4v) is 10.4. The zero-order valence-electron chi connectivity index (χ0n) is 46.7. The Balaban J connectivity index is 0.000000223. The molecule has 0 saturated carbocycles. The molecule has 3 aromatic heterocycles. The van der Waals surface area contributed by atoms with Gasteiger partial charge in [0.1, 0.15) is 49.9 Å². The monoisotopic (exact) mass is 1260 g/mol. The second kappa shape index (κ2) is 35.8. The van der Waals surface area contributed by atoms with Crippen molar-refractivity contribution in [3.63, 3.8) is 0 Å². The normalized spacial score (nSPS) is 19.6. The van der Waals surface area contributed by atoms with E-state index < -0.39 is 20.0 Å². The number of guanidine groups is 3. The summed E-state index contributed by atoms with van der Waals surface area (Å²) in [6.07, 6.45) is 9.82.